The van der Waals surface area contributed by atoms with Gasteiger partial charge in [-0.2, -0.15) is 0 Å². The highest BCUT2D eigenvalue weighted by atomic mass is 16.4. The maximum atomic E-state index is 11.1. The van der Waals surface area contributed by atoms with E-state index in [-0.39, 0.29) is 16.9 Å². The van der Waals surface area contributed by atoms with Gasteiger partial charge in [0.2, 0.25) is 0 Å². The molecule has 3 nitrogen and oxygen atoms in total. The first-order chi connectivity index (χ1) is 6.27. The van der Waals surface area contributed by atoms with Crippen LogP contribution in [-0.2, 0) is 4.79 Å². The van der Waals surface area contributed by atoms with Crippen molar-refractivity contribution in [2.24, 2.45) is 28.9 Å². The van der Waals surface area contributed by atoms with Crippen molar-refractivity contribution in [1.29, 1.82) is 0 Å². The second kappa shape index (κ2) is 2.51. The first kappa shape index (κ1) is 9.97. The molecular weight excluding hydrogens is 178 g/mol. The lowest BCUT2D eigenvalue weighted by Gasteiger charge is -2.65. The Morgan fingerprint density at radius 1 is 1.43 bits per heavy atom. The molecule has 0 saturated heterocycles. The fourth-order valence-electron chi connectivity index (χ4n) is 3.78. The lowest BCUT2D eigenvalue weighted by Crippen LogP contribution is -2.68. The van der Waals surface area contributed by atoms with E-state index >= 15 is 0 Å². The summed E-state index contributed by atoms with van der Waals surface area (Å²) in [5.41, 5.74) is 6.03. The van der Waals surface area contributed by atoms with Crippen LogP contribution in [0.4, 0.5) is 0 Å². The first-order valence-electron chi connectivity index (χ1n) is 5.28. The molecule has 14 heavy (non-hydrogen) atoms. The lowest BCUT2D eigenvalue weighted by molar-refractivity contribution is -0.178. The van der Waals surface area contributed by atoms with Crippen molar-refractivity contribution < 1.29 is 9.90 Å². The third-order valence-corrected chi connectivity index (χ3v) is 4.60. The van der Waals surface area contributed by atoms with Crippen molar-refractivity contribution in [3.05, 3.63) is 0 Å². The Kier molecular flexibility index (Phi) is 1.79. The van der Waals surface area contributed by atoms with Crippen LogP contribution in [0.25, 0.3) is 0 Å². The molecule has 0 aromatic carbocycles. The van der Waals surface area contributed by atoms with Gasteiger partial charge in [-0.15, -0.1) is 0 Å². The fourth-order valence-corrected chi connectivity index (χ4v) is 3.78. The van der Waals surface area contributed by atoms with Crippen molar-refractivity contribution in [3.8, 4) is 0 Å². The number of hydrogen-bond acceptors (Lipinski definition) is 2. The summed E-state index contributed by atoms with van der Waals surface area (Å²) in [7, 11) is 0. The molecule has 3 N–H and O–H groups in total. The molecule has 0 aliphatic heterocycles. The van der Waals surface area contributed by atoms with E-state index in [2.05, 4.69) is 13.8 Å². The SMILES string of the molecule is CC1(N)CC(C(=O)O)C2CC1C2(C)C. The van der Waals surface area contributed by atoms with E-state index < -0.39 is 5.97 Å². The minimum Gasteiger partial charge on any atom is -0.481 e. The summed E-state index contributed by atoms with van der Waals surface area (Å²) in [5.74, 6) is -0.0693. The number of hydrogen-bond donors (Lipinski definition) is 2. The van der Waals surface area contributed by atoms with Crippen LogP contribution in [0.15, 0.2) is 0 Å². The molecule has 3 aliphatic carbocycles. The second-order valence-electron chi connectivity index (χ2n) is 5.87. The predicted octanol–water partition coefficient (Wildman–Crippen LogP) is 1.47. The van der Waals surface area contributed by atoms with Crippen LogP contribution in [0.2, 0.25) is 0 Å². The quantitative estimate of drug-likeness (QED) is 0.669. The van der Waals surface area contributed by atoms with Crippen molar-refractivity contribution in [3.63, 3.8) is 0 Å². The third-order valence-electron chi connectivity index (χ3n) is 4.60. The molecule has 0 spiro atoms. The van der Waals surface area contributed by atoms with E-state index in [0.717, 1.165) is 6.42 Å². The topological polar surface area (TPSA) is 63.3 Å². The smallest absolute Gasteiger partial charge is 0.306 e. The van der Waals surface area contributed by atoms with Crippen molar-refractivity contribution in [2.75, 3.05) is 0 Å². The normalized spacial score (nSPS) is 49.6. The number of fused-ring (bicyclic) bond motifs is 2. The molecule has 0 aromatic heterocycles. The molecule has 4 unspecified atom stereocenters. The Balaban J connectivity index is 2.30. The zero-order valence-electron chi connectivity index (χ0n) is 9.08. The van der Waals surface area contributed by atoms with Gasteiger partial charge in [0.25, 0.3) is 0 Å². The molecule has 80 valence electrons. The van der Waals surface area contributed by atoms with Gasteiger partial charge in [-0.3, -0.25) is 4.79 Å². The van der Waals surface area contributed by atoms with Crippen LogP contribution in [0, 0.1) is 23.2 Å². The summed E-state index contributed by atoms with van der Waals surface area (Å²) in [5, 5.41) is 9.14. The van der Waals surface area contributed by atoms with Crippen LogP contribution >= 0.6 is 0 Å². The van der Waals surface area contributed by atoms with E-state index in [1.165, 1.54) is 0 Å². The average molecular weight is 197 g/mol. The molecule has 3 aliphatic rings. The van der Waals surface area contributed by atoms with Gasteiger partial charge in [0.15, 0.2) is 0 Å². The average Bonchev–Trinajstić information content (AvgIpc) is 2.00. The number of carbonyl (C=O) groups is 1. The molecule has 0 aromatic rings. The molecule has 3 saturated carbocycles. The maximum Gasteiger partial charge on any atom is 0.306 e. The monoisotopic (exact) mass is 197 g/mol. The van der Waals surface area contributed by atoms with Crippen LogP contribution in [0.1, 0.15) is 33.6 Å². The number of carboxylic acid groups (broad SMARTS) is 1. The Bertz CT molecular complexity index is 275. The molecule has 3 fully saturated rings. The summed E-state index contributed by atoms with van der Waals surface area (Å²) < 4.78 is 0. The Hall–Kier alpha value is -0.570. The molecule has 4 atom stereocenters. The predicted molar refractivity (Wildman–Crippen MR) is 53.7 cm³/mol. The van der Waals surface area contributed by atoms with Gasteiger partial charge in [0.1, 0.15) is 0 Å². The molecule has 0 amide bonds. The zero-order valence-corrected chi connectivity index (χ0v) is 9.08. The fraction of sp³-hybridized carbons (Fsp3) is 0.909. The van der Waals surface area contributed by atoms with E-state index in [1.807, 2.05) is 6.92 Å². The van der Waals surface area contributed by atoms with Crippen molar-refractivity contribution >= 4 is 5.97 Å². The van der Waals surface area contributed by atoms with E-state index in [0.29, 0.717) is 18.3 Å². The third kappa shape index (κ3) is 1.05. The summed E-state index contributed by atoms with van der Waals surface area (Å²) in [6, 6.07) is 0. The van der Waals surface area contributed by atoms with E-state index in [9.17, 15) is 4.79 Å². The molecule has 3 rings (SSSR count). The summed E-state index contributed by atoms with van der Waals surface area (Å²) in [6.07, 6.45) is 1.64. The molecule has 2 bridgehead atoms. The van der Waals surface area contributed by atoms with Crippen LogP contribution in [0.5, 0.6) is 0 Å². The summed E-state index contributed by atoms with van der Waals surface area (Å²) in [6.45, 7) is 6.32. The van der Waals surface area contributed by atoms with Gasteiger partial charge < -0.3 is 10.8 Å². The number of rotatable bonds is 1. The van der Waals surface area contributed by atoms with E-state index in [1.54, 1.807) is 0 Å². The van der Waals surface area contributed by atoms with Gasteiger partial charge in [0.05, 0.1) is 5.92 Å². The lowest BCUT2D eigenvalue weighted by atomic mass is 9.40. The largest absolute Gasteiger partial charge is 0.481 e. The van der Waals surface area contributed by atoms with Gasteiger partial charge in [-0.25, -0.2) is 0 Å². The van der Waals surface area contributed by atoms with Crippen LogP contribution in [0.3, 0.4) is 0 Å². The van der Waals surface area contributed by atoms with E-state index in [4.69, 9.17) is 10.8 Å². The van der Waals surface area contributed by atoms with Crippen LogP contribution in [-0.4, -0.2) is 16.6 Å². The minimum absolute atomic E-state index is 0.116. The van der Waals surface area contributed by atoms with Gasteiger partial charge >= 0.3 is 5.97 Å². The maximum absolute atomic E-state index is 11.1. The standard InChI is InChI=1S/C11H19NO2/c1-10(2)7-4-8(10)11(3,12)5-6(7)9(13)14/h6-8H,4-5,12H2,1-3H3,(H,13,14). The van der Waals surface area contributed by atoms with Crippen molar-refractivity contribution in [1.82, 2.24) is 0 Å². The van der Waals surface area contributed by atoms with Gasteiger partial charge in [-0.05, 0) is 37.0 Å². The molecule has 0 radical (unpaired) electrons. The summed E-state index contributed by atoms with van der Waals surface area (Å²) >= 11 is 0. The Labute approximate surface area is 84.7 Å². The zero-order chi connectivity index (χ0) is 10.7. The van der Waals surface area contributed by atoms with Crippen LogP contribution < -0.4 is 5.73 Å². The summed E-state index contributed by atoms with van der Waals surface area (Å²) in [4.78, 5) is 11.1. The molecular formula is C11H19NO2. The second-order valence-corrected chi connectivity index (χ2v) is 5.87. The van der Waals surface area contributed by atoms with Crippen molar-refractivity contribution in [2.45, 2.75) is 39.2 Å². The highest BCUT2D eigenvalue weighted by molar-refractivity contribution is 5.71. The van der Waals surface area contributed by atoms with Gasteiger partial charge in [-0.1, -0.05) is 13.8 Å². The highest BCUT2D eigenvalue weighted by Gasteiger charge is 2.63. The number of carboxylic acids is 1. The highest BCUT2D eigenvalue weighted by Crippen LogP contribution is 2.63. The number of aliphatic carboxylic acids is 1. The Morgan fingerprint density at radius 3 is 2.36 bits per heavy atom. The molecule has 0 heterocycles. The number of nitrogens with two attached hydrogens (primary N) is 1. The first-order valence-corrected chi connectivity index (χ1v) is 5.28. The minimum atomic E-state index is -0.669. The van der Waals surface area contributed by atoms with Gasteiger partial charge in [0, 0.05) is 5.54 Å². The molecule has 3 heteroatoms. The Morgan fingerprint density at radius 2 is 2.00 bits per heavy atom.